The van der Waals surface area contributed by atoms with Crippen LogP contribution in [0.15, 0.2) is 24.3 Å². The first-order valence-corrected chi connectivity index (χ1v) is 8.47. The molecular formula is C17H23N3O2S. The Morgan fingerprint density at radius 3 is 2.65 bits per heavy atom. The number of carbonyl (C=O) groups is 1. The lowest BCUT2D eigenvalue weighted by molar-refractivity contribution is 0.172. The number of nitrogens with one attached hydrogen (secondary N) is 2. The first kappa shape index (κ1) is 17.4. The van der Waals surface area contributed by atoms with Crippen LogP contribution >= 0.6 is 11.3 Å². The number of hydrogen-bond donors (Lipinski definition) is 3. The van der Waals surface area contributed by atoms with Crippen LogP contribution < -0.4 is 10.6 Å². The third-order valence-corrected chi connectivity index (χ3v) is 4.83. The van der Waals surface area contributed by atoms with E-state index in [2.05, 4.69) is 15.6 Å². The summed E-state index contributed by atoms with van der Waals surface area (Å²) in [5.41, 5.74) is 2.90. The van der Waals surface area contributed by atoms with Crippen LogP contribution in [0.25, 0.3) is 0 Å². The normalized spacial score (nSPS) is 12.0. The fraction of sp³-hybridized carbons (Fsp3) is 0.412. The molecule has 0 aliphatic carbocycles. The number of benzene rings is 1. The van der Waals surface area contributed by atoms with Gasteiger partial charge in [-0.1, -0.05) is 24.3 Å². The number of rotatable bonds is 6. The second-order valence-electron chi connectivity index (χ2n) is 5.51. The number of aromatic nitrogens is 1. The molecule has 2 aromatic rings. The number of hydrogen-bond acceptors (Lipinski definition) is 4. The molecule has 3 N–H and O–H groups in total. The summed E-state index contributed by atoms with van der Waals surface area (Å²) in [5, 5.41) is 16.6. The van der Waals surface area contributed by atoms with E-state index in [1.54, 1.807) is 11.3 Å². The lowest BCUT2D eigenvalue weighted by atomic mass is 10.0. The van der Waals surface area contributed by atoms with Crippen LogP contribution in [0.3, 0.4) is 0 Å². The highest BCUT2D eigenvalue weighted by atomic mass is 32.1. The fourth-order valence-corrected chi connectivity index (χ4v) is 3.19. The fourth-order valence-electron chi connectivity index (χ4n) is 2.25. The molecule has 2 amide bonds. The topological polar surface area (TPSA) is 74.2 Å². The van der Waals surface area contributed by atoms with Crippen molar-refractivity contribution in [3.8, 4) is 0 Å². The van der Waals surface area contributed by atoms with Gasteiger partial charge in [0.1, 0.15) is 0 Å². The van der Waals surface area contributed by atoms with E-state index >= 15 is 0 Å². The molecule has 0 fully saturated rings. The predicted octanol–water partition coefficient (Wildman–Crippen LogP) is 2.64. The molecule has 1 unspecified atom stereocenters. The first-order chi connectivity index (χ1) is 11.0. The number of nitrogens with zero attached hydrogens (tertiary/aromatic N) is 1. The summed E-state index contributed by atoms with van der Waals surface area (Å²) in [7, 11) is 0. The van der Waals surface area contributed by atoms with E-state index < -0.39 is 6.10 Å². The Morgan fingerprint density at radius 2 is 2.00 bits per heavy atom. The molecule has 124 valence electrons. The minimum absolute atomic E-state index is 0.187. The second kappa shape index (κ2) is 8.08. The van der Waals surface area contributed by atoms with Crippen molar-refractivity contribution >= 4 is 17.4 Å². The van der Waals surface area contributed by atoms with Gasteiger partial charge in [0.2, 0.25) is 0 Å². The average molecular weight is 333 g/mol. The maximum absolute atomic E-state index is 11.8. The molecule has 1 aromatic carbocycles. The smallest absolute Gasteiger partial charge is 0.314 e. The predicted molar refractivity (Wildman–Crippen MR) is 92.8 cm³/mol. The van der Waals surface area contributed by atoms with Crippen molar-refractivity contribution in [1.82, 2.24) is 15.6 Å². The molecule has 1 aromatic heterocycles. The number of aliphatic hydroxyl groups excluding tert-OH is 1. The van der Waals surface area contributed by atoms with Crippen LogP contribution in [0.1, 0.15) is 32.8 Å². The van der Waals surface area contributed by atoms with Gasteiger partial charge in [0.05, 0.1) is 16.8 Å². The van der Waals surface area contributed by atoms with Crippen molar-refractivity contribution in [3.63, 3.8) is 0 Å². The Kier molecular flexibility index (Phi) is 6.12. The van der Waals surface area contributed by atoms with Gasteiger partial charge in [-0.2, -0.15) is 0 Å². The summed E-state index contributed by atoms with van der Waals surface area (Å²) >= 11 is 1.66. The molecule has 1 heterocycles. The second-order valence-corrected chi connectivity index (χ2v) is 6.80. The van der Waals surface area contributed by atoms with Crippen molar-refractivity contribution in [2.75, 3.05) is 13.1 Å². The number of amides is 2. The third kappa shape index (κ3) is 5.04. The Labute approximate surface area is 140 Å². The monoisotopic (exact) mass is 333 g/mol. The van der Waals surface area contributed by atoms with E-state index in [4.69, 9.17) is 0 Å². The summed E-state index contributed by atoms with van der Waals surface area (Å²) in [6.45, 7) is 6.69. The van der Waals surface area contributed by atoms with Gasteiger partial charge < -0.3 is 15.7 Å². The van der Waals surface area contributed by atoms with Crippen LogP contribution in [0.2, 0.25) is 0 Å². The van der Waals surface area contributed by atoms with Crippen LogP contribution in [0.4, 0.5) is 4.79 Å². The zero-order valence-electron chi connectivity index (χ0n) is 13.7. The van der Waals surface area contributed by atoms with Crippen LogP contribution in [0.5, 0.6) is 0 Å². The summed E-state index contributed by atoms with van der Waals surface area (Å²) in [6.07, 6.45) is 0.0128. The van der Waals surface area contributed by atoms with Gasteiger partial charge >= 0.3 is 6.03 Å². The number of aliphatic hydroxyl groups is 1. The summed E-state index contributed by atoms with van der Waals surface area (Å²) in [6, 6.07) is 7.34. The van der Waals surface area contributed by atoms with E-state index in [1.165, 1.54) is 4.88 Å². The van der Waals surface area contributed by atoms with Gasteiger partial charge in [0.15, 0.2) is 0 Å². The first-order valence-electron chi connectivity index (χ1n) is 7.65. The molecule has 5 nitrogen and oxygen atoms in total. The highest BCUT2D eigenvalue weighted by molar-refractivity contribution is 7.11. The van der Waals surface area contributed by atoms with Crippen LogP contribution in [-0.2, 0) is 6.42 Å². The third-order valence-electron chi connectivity index (χ3n) is 3.70. The van der Waals surface area contributed by atoms with Gasteiger partial charge in [-0.05, 0) is 31.9 Å². The zero-order chi connectivity index (χ0) is 16.8. The zero-order valence-corrected chi connectivity index (χ0v) is 14.5. The number of carbonyl (C=O) groups excluding carboxylic acids is 1. The average Bonchev–Trinajstić information content (AvgIpc) is 2.83. The Morgan fingerprint density at radius 1 is 1.26 bits per heavy atom. The van der Waals surface area contributed by atoms with Crippen molar-refractivity contribution in [3.05, 3.63) is 51.0 Å². The van der Waals surface area contributed by atoms with Crippen molar-refractivity contribution in [2.24, 2.45) is 0 Å². The van der Waals surface area contributed by atoms with E-state index in [0.29, 0.717) is 13.0 Å². The Balaban J connectivity index is 1.72. The Bertz CT molecular complexity index is 650. The lowest BCUT2D eigenvalue weighted by Crippen LogP contribution is -2.38. The maximum atomic E-state index is 11.8. The van der Waals surface area contributed by atoms with Crippen LogP contribution in [-0.4, -0.2) is 29.2 Å². The van der Waals surface area contributed by atoms with E-state index in [1.807, 2.05) is 45.0 Å². The molecule has 0 aliphatic heterocycles. The Hall–Kier alpha value is -1.92. The quantitative estimate of drug-likeness (QED) is 0.761. The van der Waals surface area contributed by atoms with Crippen molar-refractivity contribution in [2.45, 2.75) is 33.3 Å². The minimum Gasteiger partial charge on any atom is -0.387 e. The summed E-state index contributed by atoms with van der Waals surface area (Å²) in [5.74, 6) is 0. The molecular weight excluding hydrogens is 310 g/mol. The number of urea groups is 1. The SMILES string of the molecule is Cc1ccccc1C(O)CNC(=O)NCCc1nc(C)c(C)s1. The van der Waals surface area contributed by atoms with Crippen molar-refractivity contribution in [1.29, 1.82) is 0 Å². The molecule has 0 radical (unpaired) electrons. The highest BCUT2D eigenvalue weighted by Crippen LogP contribution is 2.17. The van der Waals surface area contributed by atoms with E-state index in [-0.39, 0.29) is 12.6 Å². The molecule has 0 saturated carbocycles. The van der Waals surface area contributed by atoms with Gasteiger partial charge in [-0.25, -0.2) is 9.78 Å². The standard InChI is InChI=1S/C17H23N3O2S/c1-11-6-4-5-7-14(11)15(21)10-19-17(22)18-9-8-16-20-12(2)13(3)23-16/h4-7,15,21H,8-10H2,1-3H3,(H2,18,19,22). The molecule has 6 heteroatoms. The van der Waals surface area contributed by atoms with Gasteiger partial charge in [0.25, 0.3) is 0 Å². The molecule has 0 saturated heterocycles. The molecule has 23 heavy (non-hydrogen) atoms. The minimum atomic E-state index is -0.703. The number of aryl methyl sites for hydroxylation is 3. The summed E-state index contributed by atoms with van der Waals surface area (Å²) in [4.78, 5) is 17.4. The van der Waals surface area contributed by atoms with E-state index in [0.717, 1.165) is 21.8 Å². The van der Waals surface area contributed by atoms with Gasteiger partial charge in [-0.15, -0.1) is 11.3 Å². The molecule has 1 atom stereocenters. The number of thiazole rings is 1. The molecule has 0 spiro atoms. The van der Waals surface area contributed by atoms with Crippen LogP contribution in [0, 0.1) is 20.8 Å². The largest absolute Gasteiger partial charge is 0.387 e. The van der Waals surface area contributed by atoms with Crippen molar-refractivity contribution < 1.29 is 9.90 Å². The highest BCUT2D eigenvalue weighted by Gasteiger charge is 2.11. The molecule has 0 aliphatic rings. The van der Waals surface area contributed by atoms with E-state index in [9.17, 15) is 9.90 Å². The van der Waals surface area contributed by atoms with Gasteiger partial charge in [-0.3, -0.25) is 0 Å². The van der Waals surface area contributed by atoms with Gasteiger partial charge in [0, 0.05) is 24.4 Å². The maximum Gasteiger partial charge on any atom is 0.314 e. The summed E-state index contributed by atoms with van der Waals surface area (Å²) < 4.78 is 0. The lowest BCUT2D eigenvalue weighted by Gasteiger charge is -2.14. The molecule has 0 bridgehead atoms. The molecule has 2 rings (SSSR count).